The third-order valence-electron chi connectivity index (χ3n) is 3.36. The number of carbonyl (C=O) groups excluding carboxylic acids is 1. The molecule has 3 aromatic carbocycles. The van der Waals surface area contributed by atoms with Gasteiger partial charge >= 0.3 is 0 Å². The van der Waals surface area contributed by atoms with Gasteiger partial charge in [0.2, 0.25) is 0 Å². The van der Waals surface area contributed by atoms with Crippen LogP contribution in [0.25, 0.3) is 10.8 Å². The van der Waals surface area contributed by atoms with Crippen LogP contribution in [0.5, 0.6) is 0 Å². The van der Waals surface area contributed by atoms with Crippen LogP contribution in [0.15, 0.2) is 60.7 Å². The van der Waals surface area contributed by atoms with Crippen molar-refractivity contribution in [1.29, 1.82) is 0 Å². The van der Waals surface area contributed by atoms with Gasteiger partial charge in [-0.2, -0.15) is 0 Å². The van der Waals surface area contributed by atoms with E-state index in [4.69, 9.17) is 0 Å². The van der Waals surface area contributed by atoms with Gasteiger partial charge in [-0.3, -0.25) is 4.79 Å². The number of fused-ring (bicyclic) bond motifs is 1. The molecule has 0 atom stereocenters. The van der Waals surface area contributed by atoms with E-state index in [1.807, 2.05) is 30.3 Å². The fraction of sp³-hybridized carbons (Fsp3) is 0.0556. The zero-order valence-corrected chi connectivity index (χ0v) is 11.1. The van der Waals surface area contributed by atoms with E-state index in [2.05, 4.69) is 0 Å². The number of benzene rings is 3. The summed E-state index contributed by atoms with van der Waals surface area (Å²) < 4.78 is 26.3. The van der Waals surface area contributed by atoms with E-state index in [0.717, 1.165) is 16.8 Å². The first kappa shape index (κ1) is 13.4. The number of Topliss-reactive ketones (excluding diaryl/α,β-unsaturated/α-hetero) is 1. The topological polar surface area (TPSA) is 17.1 Å². The highest BCUT2D eigenvalue weighted by Crippen LogP contribution is 2.18. The Balaban J connectivity index is 1.89. The molecule has 3 aromatic rings. The molecule has 0 bridgehead atoms. The summed E-state index contributed by atoms with van der Waals surface area (Å²) in [5.74, 6) is -1.50. The highest BCUT2D eigenvalue weighted by molar-refractivity contribution is 6.01. The normalized spacial score (nSPS) is 10.8. The van der Waals surface area contributed by atoms with E-state index in [1.165, 1.54) is 12.1 Å². The third-order valence-corrected chi connectivity index (χ3v) is 3.36. The SMILES string of the molecule is O=C(Cc1cc(F)cc(F)c1)c1ccc2ccccc2c1. The fourth-order valence-electron chi connectivity index (χ4n) is 2.36. The Morgan fingerprint density at radius 2 is 1.48 bits per heavy atom. The van der Waals surface area contributed by atoms with Crippen LogP contribution in [-0.2, 0) is 6.42 Å². The second-order valence-electron chi connectivity index (χ2n) is 4.94. The molecule has 0 saturated carbocycles. The largest absolute Gasteiger partial charge is 0.294 e. The van der Waals surface area contributed by atoms with Gasteiger partial charge in [0.25, 0.3) is 0 Å². The van der Waals surface area contributed by atoms with Gasteiger partial charge in [-0.1, -0.05) is 36.4 Å². The van der Waals surface area contributed by atoms with Crippen molar-refractivity contribution in [3.63, 3.8) is 0 Å². The summed E-state index contributed by atoms with van der Waals surface area (Å²) in [4.78, 5) is 12.2. The first-order valence-electron chi connectivity index (χ1n) is 6.59. The molecule has 0 aromatic heterocycles. The molecular formula is C18H12F2O. The summed E-state index contributed by atoms with van der Waals surface area (Å²) >= 11 is 0. The molecule has 0 fully saturated rings. The van der Waals surface area contributed by atoms with Gasteiger partial charge < -0.3 is 0 Å². The molecular weight excluding hydrogens is 270 g/mol. The van der Waals surface area contributed by atoms with Crippen LogP contribution in [0.3, 0.4) is 0 Å². The Kier molecular flexibility index (Phi) is 3.48. The Morgan fingerprint density at radius 1 is 0.810 bits per heavy atom. The maximum Gasteiger partial charge on any atom is 0.167 e. The molecule has 0 radical (unpaired) electrons. The fourth-order valence-corrected chi connectivity index (χ4v) is 2.36. The molecule has 0 spiro atoms. The summed E-state index contributed by atoms with van der Waals surface area (Å²) in [7, 11) is 0. The first-order valence-corrected chi connectivity index (χ1v) is 6.59. The van der Waals surface area contributed by atoms with Crippen LogP contribution in [-0.4, -0.2) is 5.78 Å². The number of hydrogen-bond donors (Lipinski definition) is 0. The lowest BCUT2D eigenvalue weighted by Gasteiger charge is -2.04. The van der Waals surface area contributed by atoms with Crippen LogP contribution < -0.4 is 0 Å². The zero-order valence-electron chi connectivity index (χ0n) is 11.1. The Morgan fingerprint density at radius 3 is 2.19 bits per heavy atom. The summed E-state index contributed by atoms with van der Waals surface area (Å²) in [6, 6.07) is 16.3. The van der Waals surface area contributed by atoms with Crippen molar-refractivity contribution in [3.8, 4) is 0 Å². The predicted octanol–water partition coefficient (Wildman–Crippen LogP) is 4.54. The molecule has 3 rings (SSSR count). The van der Waals surface area contributed by atoms with Crippen LogP contribution >= 0.6 is 0 Å². The second-order valence-corrected chi connectivity index (χ2v) is 4.94. The molecule has 0 amide bonds. The number of carbonyl (C=O) groups is 1. The number of hydrogen-bond acceptors (Lipinski definition) is 1. The van der Waals surface area contributed by atoms with Gasteiger partial charge in [-0.15, -0.1) is 0 Å². The van der Waals surface area contributed by atoms with E-state index in [1.54, 1.807) is 12.1 Å². The van der Waals surface area contributed by atoms with Gasteiger partial charge in [-0.05, 0) is 34.5 Å². The summed E-state index contributed by atoms with van der Waals surface area (Å²) in [5, 5.41) is 2.01. The molecule has 0 saturated heterocycles. The van der Waals surface area contributed by atoms with E-state index in [0.29, 0.717) is 11.1 Å². The molecule has 1 nitrogen and oxygen atoms in total. The average molecular weight is 282 g/mol. The molecule has 3 heteroatoms. The van der Waals surface area contributed by atoms with Crippen molar-refractivity contribution in [3.05, 3.63) is 83.4 Å². The molecule has 0 aliphatic carbocycles. The summed E-state index contributed by atoms with van der Waals surface area (Å²) in [6.45, 7) is 0. The Bertz CT molecular complexity index is 804. The van der Waals surface area contributed by atoms with Gasteiger partial charge in [0.05, 0.1) is 0 Å². The van der Waals surface area contributed by atoms with Crippen LogP contribution in [0, 0.1) is 11.6 Å². The molecule has 0 heterocycles. The molecule has 0 aliphatic rings. The molecule has 0 unspecified atom stereocenters. The highest BCUT2D eigenvalue weighted by atomic mass is 19.1. The molecule has 0 aliphatic heterocycles. The number of halogens is 2. The average Bonchev–Trinajstić information content (AvgIpc) is 2.45. The molecule has 0 N–H and O–H groups in total. The maximum absolute atomic E-state index is 13.1. The minimum Gasteiger partial charge on any atom is -0.294 e. The Labute approximate surface area is 120 Å². The van der Waals surface area contributed by atoms with Crippen molar-refractivity contribution in [2.24, 2.45) is 0 Å². The molecule has 104 valence electrons. The Hall–Kier alpha value is -2.55. The van der Waals surface area contributed by atoms with Gasteiger partial charge in [-0.25, -0.2) is 8.78 Å². The van der Waals surface area contributed by atoms with Crippen LogP contribution in [0.4, 0.5) is 8.78 Å². The predicted molar refractivity (Wildman–Crippen MR) is 78.3 cm³/mol. The third kappa shape index (κ3) is 2.97. The quantitative estimate of drug-likeness (QED) is 0.644. The van der Waals surface area contributed by atoms with Crippen molar-refractivity contribution < 1.29 is 13.6 Å². The highest BCUT2D eigenvalue weighted by Gasteiger charge is 2.09. The van der Waals surface area contributed by atoms with E-state index in [-0.39, 0.29) is 12.2 Å². The van der Waals surface area contributed by atoms with Crippen LogP contribution in [0.1, 0.15) is 15.9 Å². The standard InChI is InChI=1S/C18H12F2O/c19-16-7-12(8-17(20)11-16)9-18(21)15-6-5-13-3-1-2-4-14(13)10-15/h1-8,10-11H,9H2. The van der Waals surface area contributed by atoms with Crippen molar-refractivity contribution in [2.45, 2.75) is 6.42 Å². The maximum atomic E-state index is 13.1. The smallest absolute Gasteiger partial charge is 0.167 e. The summed E-state index contributed by atoms with van der Waals surface area (Å²) in [5.41, 5.74) is 0.879. The lowest BCUT2D eigenvalue weighted by Crippen LogP contribution is -2.04. The van der Waals surface area contributed by atoms with Crippen LogP contribution in [0.2, 0.25) is 0 Å². The number of ketones is 1. The van der Waals surface area contributed by atoms with E-state index >= 15 is 0 Å². The summed E-state index contributed by atoms with van der Waals surface area (Å²) in [6.07, 6.45) is -0.0208. The monoisotopic (exact) mass is 282 g/mol. The number of rotatable bonds is 3. The minimum absolute atomic E-state index is 0.0208. The molecule has 21 heavy (non-hydrogen) atoms. The van der Waals surface area contributed by atoms with Crippen molar-refractivity contribution in [2.75, 3.05) is 0 Å². The first-order chi connectivity index (χ1) is 10.1. The lowest BCUT2D eigenvalue weighted by molar-refractivity contribution is 0.0993. The van der Waals surface area contributed by atoms with E-state index < -0.39 is 11.6 Å². The van der Waals surface area contributed by atoms with Gasteiger partial charge in [0, 0.05) is 18.1 Å². The van der Waals surface area contributed by atoms with Crippen molar-refractivity contribution in [1.82, 2.24) is 0 Å². The van der Waals surface area contributed by atoms with Gasteiger partial charge in [0.15, 0.2) is 5.78 Å². The second kappa shape index (κ2) is 5.44. The zero-order chi connectivity index (χ0) is 14.8. The van der Waals surface area contributed by atoms with E-state index in [9.17, 15) is 13.6 Å². The lowest BCUT2D eigenvalue weighted by atomic mass is 10.00. The van der Waals surface area contributed by atoms with Gasteiger partial charge in [0.1, 0.15) is 11.6 Å². The van der Waals surface area contributed by atoms with Crippen molar-refractivity contribution >= 4 is 16.6 Å². The minimum atomic E-state index is -0.670.